The van der Waals surface area contributed by atoms with Crippen LogP contribution in [0.15, 0.2) is 0 Å². The molecule has 0 aromatic heterocycles. The SMILES string of the molecule is COCCC(C)CC(C)OCCN(C)COC. The minimum absolute atomic E-state index is 0.317. The molecule has 4 heteroatoms. The second-order valence-corrected chi connectivity index (χ2v) is 4.80. The zero-order valence-electron chi connectivity index (χ0n) is 12.1. The molecule has 0 bridgehead atoms. The Morgan fingerprint density at radius 1 is 1.06 bits per heavy atom. The first-order chi connectivity index (χ1) is 8.10. The van der Waals surface area contributed by atoms with Gasteiger partial charge in [0.25, 0.3) is 0 Å². The maximum atomic E-state index is 5.77. The Hall–Kier alpha value is -0.160. The van der Waals surface area contributed by atoms with Crippen molar-refractivity contribution in [1.82, 2.24) is 4.90 Å². The highest BCUT2D eigenvalue weighted by Gasteiger charge is 2.09. The lowest BCUT2D eigenvalue weighted by atomic mass is 10.0. The minimum Gasteiger partial charge on any atom is -0.385 e. The van der Waals surface area contributed by atoms with E-state index in [1.807, 2.05) is 7.05 Å². The van der Waals surface area contributed by atoms with E-state index in [2.05, 4.69) is 18.7 Å². The number of nitrogens with zero attached hydrogens (tertiary/aromatic N) is 1. The van der Waals surface area contributed by atoms with Crippen LogP contribution in [0.3, 0.4) is 0 Å². The number of ether oxygens (including phenoxy) is 3. The van der Waals surface area contributed by atoms with Crippen LogP contribution in [-0.4, -0.2) is 58.8 Å². The van der Waals surface area contributed by atoms with Gasteiger partial charge in [-0.2, -0.15) is 0 Å². The Morgan fingerprint density at radius 3 is 2.35 bits per heavy atom. The standard InChI is InChI=1S/C13H29NO3/c1-12(6-8-15-4)10-13(2)17-9-7-14(3)11-16-5/h12-13H,6-11H2,1-5H3. The third-order valence-corrected chi connectivity index (χ3v) is 2.77. The van der Waals surface area contributed by atoms with Crippen LogP contribution < -0.4 is 0 Å². The average Bonchev–Trinajstić information content (AvgIpc) is 2.26. The lowest BCUT2D eigenvalue weighted by molar-refractivity contribution is 0.0139. The van der Waals surface area contributed by atoms with Crippen molar-refractivity contribution in [2.45, 2.75) is 32.8 Å². The Morgan fingerprint density at radius 2 is 1.76 bits per heavy atom. The first-order valence-corrected chi connectivity index (χ1v) is 6.38. The van der Waals surface area contributed by atoms with Crippen LogP contribution in [0.4, 0.5) is 0 Å². The predicted molar refractivity (Wildman–Crippen MR) is 70.2 cm³/mol. The highest BCUT2D eigenvalue weighted by molar-refractivity contribution is 4.59. The largest absolute Gasteiger partial charge is 0.385 e. The fourth-order valence-electron chi connectivity index (χ4n) is 1.77. The quantitative estimate of drug-likeness (QED) is 0.522. The zero-order chi connectivity index (χ0) is 13.1. The molecule has 0 saturated heterocycles. The van der Waals surface area contributed by atoms with Crippen LogP contribution >= 0.6 is 0 Å². The summed E-state index contributed by atoms with van der Waals surface area (Å²) in [6, 6.07) is 0. The zero-order valence-corrected chi connectivity index (χ0v) is 12.1. The van der Waals surface area contributed by atoms with E-state index in [9.17, 15) is 0 Å². The first-order valence-electron chi connectivity index (χ1n) is 6.38. The fourth-order valence-corrected chi connectivity index (χ4v) is 1.77. The second kappa shape index (κ2) is 11.0. The van der Waals surface area contributed by atoms with Crippen LogP contribution in [0.1, 0.15) is 26.7 Å². The fraction of sp³-hybridized carbons (Fsp3) is 1.00. The maximum absolute atomic E-state index is 5.77. The van der Waals surface area contributed by atoms with Crippen molar-refractivity contribution in [2.75, 3.05) is 47.8 Å². The van der Waals surface area contributed by atoms with E-state index in [0.717, 1.165) is 32.6 Å². The highest BCUT2D eigenvalue weighted by atomic mass is 16.5. The van der Waals surface area contributed by atoms with Gasteiger partial charge in [-0.25, -0.2) is 0 Å². The van der Waals surface area contributed by atoms with Crippen molar-refractivity contribution in [2.24, 2.45) is 5.92 Å². The summed E-state index contributed by atoms with van der Waals surface area (Å²) in [6.07, 6.45) is 2.52. The van der Waals surface area contributed by atoms with Gasteiger partial charge in [-0.15, -0.1) is 0 Å². The summed E-state index contributed by atoms with van der Waals surface area (Å²) in [6.45, 7) is 7.55. The molecule has 2 atom stereocenters. The van der Waals surface area contributed by atoms with Crippen molar-refractivity contribution in [3.63, 3.8) is 0 Å². The van der Waals surface area contributed by atoms with Gasteiger partial charge in [0.05, 0.1) is 19.4 Å². The molecule has 0 aromatic carbocycles. The van der Waals surface area contributed by atoms with Crippen molar-refractivity contribution in [3.8, 4) is 0 Å². The topological polar surface area (TPSA) is 30.9 Å². The number of hydrogen-bond donors (Lipinski definition) is 0. The van der Waals surface area contributed by atoms with Crippen LogP contribution in [0.2, 0.25) is 0 Å². The Balaban J connectivity index is 3.48. The molecule has 0 aliphatic carbocycles. The highest BCUT2D eigenvalue weighted by Crippen LogP contribution is 2.12. The van der Waals surface area contributed by atoms with E-state index in [1.54, 1.807) is 14.2 Å². The summed E-state index contributed by atoms with van der Waals surface area (Å²) in [4.78, 5) is 2.10. The van der Waals surface area contributed by atoms with Crippen molar-refractivity contribution in [1.29, 1.82) is 0 Å². The van der Waals surface area contributed by atoms with E-state index < -0.39 is 0 Å². The minimum atomic E-state index is 0.317. The number of hydrogen-bond acceptors (Lipinski definition) is 4. The van der Waals surface area contributed by atoms with E-state index in [0.29, 0.717) is 18.8 Å². The summed E-state index contributed by atoms with van der Waals surface area (Å²) in [7, 11) is 5.48. The second-order valence-electron chi connectivity index (χ2n) is 4.80. The van der Waals surface area contributed by atoms with Gasteiger partial charge in [-0.1, -0.05) is 6.92 Å². The molecule has 0 radical (unpaired) electrons. The Bertz CT molecular complexity index is 167. The van der Waals surface area contributed by atoms with Gasteiger partial charge >= 0.3 is 0 Å². The van der Waals surface area contributed by atoms with Crippen molar-refractivity contribution >= 4 is 0 Å². The van der Waals surface area contributed by atoms with Crippen LogP contribution in [-0.2, 0) is 14.2 Å². The number of likely N-dealkylation sites (N-methyl/N-ethyl adjacent to an activating group) is 1. The molecular weight excluding hydrogens is 218 g/mol. The van der Waals surface area contributed by atoms with Crippen LogP contribution in [0.5, 0.6) is 0 Å². The third kappa shape index (κ3) is 10.7. The molecule has 0 rings (SSSR count). The third-order valence-electron chi connectivity index (χ3n) is 2.77. The van der Waals surface area contributed by atoms with Gasteiger partial charge < -0.3 is 14.2 Å². The summed E-state index contributed by atoms with van der Waals surface area (Å²) in [5, 5.41) is 0. The molecule has 0 aliphatic rings. The molecule has 0 N–H and O–H groups in total. The van der Waals surface area contributed by atoms with E-state index in [1.165, 1.54) is 0 Å². The van der Waals surface area contributed by atoms with Crippen molar-refractivity contribution in [3.05, 3.63) is 0 Å². The molecule has 17 heavy (non-hydrogen) atoms. The average molecular weight is 247 g/mol. The van der Waals surface area contributed by atoms with Crippen LogP contribution in [0.25, 0.3) is 0 Å². The smallest absolute Gasteiger partial charge is 0.0984 e. The molecule has 4 nitrogen and oxygen atoms in total. The van der Waals surface area contributed by atoms with E-state index in [-0.39, 0.29) is 0 Å². The molecule has 0 saturated carbocycles. The number of rotatable bonds is 11. The molecule has 0 aliphatic heterocycles. The molecule has 0 spiro atoms. The lowest BCUT2D eigenvalue weighted by Gasteiger charge is -2.20. The molecule has 0 amide bonds. The first kappa shape index (κ1) is 16.8. The van der Waals surface area contributed by atoms with E-state index in [4.69, 9.17) is 14.2 Å². The summed E-state index contributed by atoms with van der Waals surface area (Å²) < 4.78 is 15.9. The molecule has 104 valence electrons. The normalized spacial score (nSPS) is 15.2. The molecular formula is C13H29NO3. The van der Waals surface area contributed by atoms with Gasteiger partial charge in [0.1, 0.15) is 0 Å². The Kier molecular flexibility index (Phi) is 10.9. The summed E-state index contributed by atoms with van der Waals surface area (Å²) >= 11 is 0. The molecule has 0 fully saturated rings. The number of methoxy groups -OCH3 is 2. The monoisotopic (exact) mass is 247 g/mol. The Labute approximate surface area is 106 Å². The lowest BCUT2D eigenvalue weighted by Crippen LogP contribution is -2.27. The van der Waals surface area contributed by atoms with Crippen molar-refractivity contribution < 1.29 is 14.2 Å². The van der Waals surface area contributed by atoms with Gasteiger partial charge in [0.15, 0.2) is 0 Å². The summed E-state index contributed by atoms with van der Waals surface area (Å²) in [5.74, 6) is 0.654. The summed E-state index contributed by atoms with van der Waals surface area (Å²) in [5.41, 5.74) is 0. The van der Waals surface area contributed by atoms with Gasteiger partial charge in [-0.05, 0) is 32.7 Å². The maximum Gasteiger partial charge on any atom is 0.0984 e. The molecule has 0 heterocycles. The van der Waals surface area contributed by atoms with Gasteiger partial charge in [0.2, 0.25) is 0 Å². The van der Waals surface area contributed by atoms with Crippen LogP contribution in [0, 0.1) is 5.92 Å². The molecule has 2 unspecified atom stereocenters. The van der Waals surface area contributed by atoms with Gasteiger partial charge in [0, 0.05) is 27.4 Å². The van der Waals surface area contributed by atoms with Gasteiger partial charge in [-0.3, -0.25) is 4.90 Å². The predicted octanol–water partition coefficient (Wildman–Crippen LogP) is 1.99. The molecule has 0 aromatic rings. The van der Waals surface area contributed by atoms with E-state index >= 15 is 0 Å².